The average molecular weight is 287 g/mol. The van der Waals surface area contributed by atoms with Crippen molar-refractivity contribution in [3.05, 3.63) is 0 Å². The molecule has 19 heavy (non-hydrogen) atoms. The third-order valence-corrected chi connectivity index (χ3v) is 5.85. The first-order valence-corrected chi connectivity index (χ1v) is 8.36. The molecule has 2 rings (SSSR count). The molecule has 3 unspecified atom stereocenters. The molecule has 0 aromatic heterocycles. The Morgan fingerprint density at radius 3 is 2.68 bits per heavy atom. The zero-order valence-corrected chi connectivity index (χ0v) is 12.7. The van der Waals surface area contributed by atoms with E-state index in [2.05, 4.69) is 19.2 Å². The molecule has 5 heteroatoms. The summed E-state index contributed by atoms with van der Waals surface area (Å²) in [5.74, 6) is 0.287. The molecule has 1 heterocycles. The Kier molecular flexibility index (Phi) is 5.15. The Morgan fingerprint density at radius 1 is 1.47 bits per heavy atom. The third-order valence-electron chi connectivity index (χ3n) is 4.18. The van der Waals surface area contributed by atoms with Crippen molar-refractivity contribution in [2.45, 2.75) is 56.4 Å². The van der Waals surface area contributed by atoms with E-state index >= 15 is 0 Å². The summed E-state index contributed by atoms with van der Waals surface area (Å²) >= 11 is 1.78. The molecule has 1 aliphatic heterocycles. The highest BCUT2D eigenvalue weighted by atomic mass is 32.2. The summed E-state index contributed by atoms with van der Waals surface area (Å²) in [7, 11) is 0. The molecule has 3 atom stereocenters. The van der Waals surface area contributed by atoms with E-state index in [0.717, 1.165) is 38.8 Å². The van der Waals surface area contributed by atoms with Gasteiger partial charge >= 0.3 is 5.97 Å². The van der Waals surface area contributed by atoms with Crippen molar-refractivity contribution in [1.82, 2.24) is 5.32 Å². The predicted molar refractivity (Wildman–Crippen MR) is 77.7 cm³/mol. The van der Waals surface area contributed by atoms with Crippen LogP contribution in [0.3, 0.4) is 0 Å². The molecule has 0 aromatic carbocycles. The summed E-state index contributed by atoms with van der Waals surface area (Å²) < 4.78 is 5.56. The fraction of sp³-hybridized carbons (Fsp3) is 0.929. The summed E-state index contributed by atoms with van der Waals surface area (Å²) in [5, 5.41) is 13.5. The lowest BCUT2D eigenvalue weighted by Crippen LogP contribution is -2.56. The van der Waals surface area contributed by atoms with Gasteiger partial charge in [0.15, 0.2) is 0 Å². The van der Waals surface area contributed by atoms with Crippen LogP contribution in [0.5, 0.6) is 0 Å². The molecule has 0 bridgehead atoms. The molecule has 0 radical (unpaired) electrons. The van der Waals surface area contributed by atoms with Crippen LogP contribution in [-0.2, 0) is 9.53 Å². The first-order valence-electron chi connectivity index (χ1n) is 7.31. The van der Waals surface area contributed by atoms with Crippen molar-refractivity contribution >= 4 is 17.7 Å². The van der Waals surface area contributed by atoms with Crippen molar-refractivity contribution in [3.8, 4) is 0 Å². The molecule has 1 saturated carbocycles. The van der Waals surface area contributed by atoms with E-state index in [-0.39, 0.29) is 6.10 Å². The van der Waals surface area contributed by atoms with Gasteiger partial charge in [0.2, 0.25) is 0 Å². The molecule has 0 spiro atoms. The second-order valence-corrected chi connectivity index (χ2v) is 6.92. The van der Waals surface area contributed by atoms with Crippen molar-refractivity contribution in [3.63, 3.8) is 0 Å². The highest BCUT2D eigenvalue weighted by Gasteiger charge is 2.51. The maximum Gasteiger partial charge on any atom is 0.325 e. The van der Waals surface area contributed by atoms with Crippen LogP contribution in [0.2, 0.25) is 0 Å². The normalized spacial score (nSPS) is 30.2. The molecule has 0 amide bonds. The second kappa shape index (κ2) is 6.46. The van der Waals surface area contributed by atoms with E-state index in [1.165, 1.54) is 0 Å². The minimum Gasteiger partial charge on any atom is -0.480 e. The molecule has 2 N–H and O–H groups in total. The van der Waals surface area contributed by atoms with Crippen molar-refractivity contribution < 1.29 is 14.6 Å². The summed E-state index contributed by atoms with van der Waals surface area (Å²) in [4.78, 5) is 11.8. The lowest BCUT2D eigenvalue weighted by atomic mass is 9.95. The molecule has 1 saturated heterocycles. The van der Waals surface area contributed by atoms with Gasteiger partial charge in [-0.05, 0) is 45.1 Å². The Morgan fingerprint density at radius 2 is 2.21 bits per heavy atom. The van der Waals surface area contributed by atoms with Crippen LogP contribution in [0, 0.1) is 5.92 Å². The number of thioether (sulfide) groups is 1. The summed E-state index contributed by atoms with van der Waals surface area (Å²) in [6.45, 7) is 5.75. The summed E-state index contributed by atoms with van der Waals surface area (Å²) in [5.41, 5.74) is -0.719. The number of aliphatic carboxylic acids is 1. The van der Waals surface area contributed by atoms with Crippen LogP contribution in [0.4, 0.5) is 0 Å². The van der Waals surface area contributed by atoms with Crippen LogP contribution in [-0.4, -0.2) is 46.9 Å². The monoisotopic (exact) mass is 287 g/mol. The van der Waals surface area contributed by atoms with Crippen LogP contribution in [0.15, 0.2) is 0 Å². The third kappa shape index (κ3) is 3.44. The number of carboxylic acids is 1. The molecule has 4 nitrogen and oxygen atoms in total. The Hall–Kier alpha value is -0.260. The van der Waals surface area contributed by atoms with Gasteiger partial charge in [0, 0.05) is 17.6 Å². The van der Waals surface area contributed by atoms with E-state index in [1.807, 2.05) is 0 Å². The lowest BCUT2D eigenvalue weighted by Gasteiger charge is -2.32. The molecular weight excluding hydrogens is 262 g/mol. The topological polar surface area (TPSA) is 58.6 Å². The average Bonchev–Trinajstić information content (AvgIpc) is 3.14. The molecule has 1 aliphatic carbocycles. The zero-order chi connectivity index (χ0) is 13.9. The van der Waals surface area contributed by atoms with Crippen LogP contribution >= 0.6 is 11.8 Å². The highest BCUT2D eigenvalue weighted by molar-refractivity contribution is 8.00. The fourth-order valence-electron chi connectivity index (χ4n) is 2.72. The van der Waals surface area contributed by atoms with E-state index in [0.29, 0.717) is 16.9 Å². The molecule has 2 fully saturated rings. The number of hydrogen-bond donors (Lipinski definition) is 2. The smallest absolute Gasteiger partial charge is 0.325 e. The van der Waals surface area contributed by atoms with Gasteiger partial charge < -0.3 is 15.2 Å². The molecule has 110 valence electrons. The maximum absolute atomic E-state index is 11.8. The van der Waals surface area contributed by atoms with Crippen molar-refractivity contribution in [2.24, 2.45) is 5.92 Å². The quantitative estimate of drug-likeness (QED) is 0.716. The van der Waals surface area contributed by atoms with Crippen LogP contribution < -0.4 is 5.32 Å². The van der Waals surface area contributed by atoms with Gasteiger partial charge in [-0.3, -0.25) is 4.79 Å². The lowest BCUT2D eigenvalue weighted by molar-refractivity contribution is -0.144. The highest BCUT2D eigenvalue weighted by Crippen LogP contribution is 2.43. The zero-order valence-electron chi connectivity index (χ0n) is 11.9. The number of nitrogens with one attached hydrogen (secondary N) is 1. The molecular formula is C14H25NO3S. The minimum absolute atomic E-state index is 0.252. The van der Waals surface area contributed by atoms with E-state index < -0.39 is 11.5 Å². The van der Waals surface area contributed by atoms with Crippen LogP contribution in [0.1, 0.15) is 39.5 Å². The summed E-state index contributed by atoms with van der Waals surface area (Å²) in [6.07, 6.45) is 4.34. The second-order valence-electron chi connectivity index (χ2n) is 5.69. The van der Waals surface area contributed by atoms with Crippen molar-refractivity contribution in [2.75, 3.05) is 18.9 Å². The van der Waals surface area contributed by atoms with Gasteiger partial charge in [0.25, 0.3) is 0 Å². The fourth-order valence-corrected chi connectivity index (χ4v) is 4.27. The number of carbonyl (C=O) groups is 1. The SMILES string of the molecule is CCCNC(CSC1CCOC1C)(C(=O)O)C1CC1. The number of rotatable bonds is 8. The van der Waals surface area contributed by atoms with Crippen LogP contribution in [0.25, 0.3) is 0 Å². The Labute approximate surface area is 119 Å². The van der Waals surface area contributed by atoms with Gasteiger partial charge in [-0.2, -0.15) is 11.8 Å². The first-order chi connectivity index (χ1) is 9.10. The van der Waals surface area contributed by atoms with E-state index in [9.17, 15) is 9.90 Å². The number of hydrogen-bond acceptors (Lipinski definition) is 4. The van der Waals surface area contributed by atoms with Gasteiger partial charge in [0.05, 0.1) is 6.10 Å². The largest absolute Gasteiger partial charge is 0.480 e. The van der Waals surface area contributed by atoms with E-state index in [4.69, 9.17) is 4.74 Å². The molecule has 0 aromatic rings. The predicted octanol–water partition coefficient (Wildman–Crippen LogP) is 2.13. The standard InChI is InChI=1S/C14H25NO3S/c1-3-7-15-14(13(16)17,11-4-5-11)9-19-12-6-8-18-10(12)2/h10-12,15H,3-9H2,1-2H3,(H,16,17). The van der Waals surface area contributed by atoms with E-state index in [1.54, 1.807) is 11.8 Å². The maximum atomic E-state index is 11.8. The van der Waals surface area contributed by atoms with Gasteiger partial charge in [-0.15, -0.1) is 0 Å². The Bertz CT molecular complexity index is 322. The number of ether oxygens (including phenoxy) is 1. The molecule has 2 aliphatic rings. The first kappa shape index (κ1) is 15.1. The summed E-state index contributed by atoms with van der Waals surface area (Å²) in [6, 6.07) is 0. The van der Waals surface area contributed by atoms with Crippen molar-refractivity contribution in [1.29, 1.82) is 0 Å². The minimum atomic E-state index is -0.719. The van der Waals surface area contributed by atoms with Gasteiger partial charge in [0.1, 0.15) is 5.54 Å². The number of carboxylic acid groups (broad SMARTS) is 1. The van der Waals surface area contributed by atoms with Gasteiger partial charge in [-0.1, -0.05) is 6.92 Å². The van der Waals surface area contributed by atoms with Gasteiger partial charge in [-0.25, -0.2) is 0 Å². The Balaban J connectivity index is 1.97.